The molecule has 0 spiro atoms. The summed E-state index contributed by atoms with van der Waals surface area (Å²) in [6.45, 7) is 1.94. The minimum absolute atomic E-state index is 0.310. The third kappa shape index (κ3) is 1.74. The number of fused-ring (bicyclic) bond motifs is 1. The van der Waals surface area contributed by atoms with Crippen LogP contribution in [-0.2, 0) is 0 Å². The molecule has 20 heavy (non-hydrogen) atoms. The van der Waals surface area contributed by atoms with Crippen LogP contribution in [-0.4, -0.2) is 27.7 Å². The highest BCUT2D eigenvalue weighted by Gasteiger charge is 2.24. The van der Waals surface area contributed by atoms with Gasteiger partial charge in [-0.15, -0.1) is 11.3 Å². The normalized spacial score (nSPS) is 18.9. The second kappa shape index (κ2) is 4.61. The molecule has 2 aromatic heterocycles. The van der Waals surface area contributed by atoms with Crippen molar-refractivity contribution in [2.24, 2.45) is 0 Å². The number of aromatic nitrogens is 2. The average molecular weight is 285 g/mol. The van der Waals surface area contributed by atoms with Crippen molar-refractivity contribution in [3.8, 4) is 16.5 Å². The number of nitrogens with one attached hydrogen (secondary N) is 1. The van der Waals surface area contributed by atoms with E-state index < -0.39 is 0 Å². The van der Waals surface area contributed by atoms with Gasteiger partial charge in [-0.25, -0.2) is 4.98 Å². The number of rotatable bonds is 2. The second-order valence-electron chi connectivity index (χ2n) is 5.07. The van der Waals surface area contributed by atoms with Crippen molar-refractivity contribution in [3.05, 3.63) is 35.7 Å². The summed E-state index contributed by atoms with van der Waals surface area (Å²) in [7, 11) is 0. The van der Waals surface area contributed by atoms with Crippen LogP contribution in [0.5, 0.6) is 5.75 Å². The number of para-hydroxylation sites is 1. The Morgan fingerprint density at radius 1 is 1.30 bits per heavy atom. The van der Waals surface area contributed by atoms with E-state index in [9.17, 15) is 5.11 Å². The van der Waals surface area contributed by atoms with Crippen LogP contribution in [0.15, 0.2) is 35.7 Å². The molecule has 1 saturated heterocycles. The lowest BCUT2D eigenvalue weighted by atomic mass is 10.2. The Labute approximate surface area is 120 Å². The summed E-state index contributed by atoms with van der Waals surface area (Å²) in [5, 5.41) is 15.7. The highest BCUT2D eigenvalue weighted by Crippen LogP contribution is 2.36. The van der Waals surface area contributed by atoms with E-state index >= 15 is 0 Å². The Hall–Kier alpha value is -1.85. The monoisotopic (exact) mass is 285 g/mol. The average Bonchev–Trinajstić information content (AvgIpc) is 3.18. The Balaban J connectivity index is 2.02. The Kier molecular flexibility index (Phi) is 2.75. The van der Waals surface area contributed by atoms with Gasteiger partial charge >= 0.3 is 0 Å². The first kappa shape index (κ1) is 11.9. The molecular weight excluding hydrogens is 270 g/mol. The Morgan fingerprint density at radius 3 is 3.00 bits per heavy atom. The van der Waals surface area contributed by atoms with E-state index in [0.29, 0.717) is 11.8 Å². The first-order valence-corrected chi connectivity index (χ1v) is 7.67. The van der Waals surface area contributed by atoms with Crippen LogP contribution in [0, 0.1) is 0 Å². The van der Waals surface area contributed by atoms with Gasteiger partial charge in [0.15, 0.2) is 5.82 Å². The first-order valence-electron chi connectivity index (χ1n) is 6.79. The standard InChI is InChI=1S/C15H15N3OS/c19-12-4-1-3-11-14(12)18(10-6-7-16-9-10)15(17-11)13-5-2-8-20-13/h1-5,8,10,16,19H,6-7,9H2. The summed E-state index contributed by atoms with van der Waals surface area (Å²) in [5.74, 6) is 1.27. The molecule has 4 nitrogen and oxygen atoms in total. The zero-order valence-corrected chi connectivity index (χ0v) is 11.7. The third-order valence-corrected chi connectivity index (χ3v) is 4.70. The topological polar surface area (TPSA) is 50.1 Å². The van der Waals surface area contributed by atoms with Crippen LogP contribution in [0.25, 0.3) is 21.7 Å². The zero-order valence-electron chi connectivity index (χ0n) is 10.9. The predicted octanol–water partition coefficient (Wildman–Crippen LogP) is 3.00. The van der Waals surface area contributed by atoms with Crippen LogP contribution >= 0.6 is 11.3 Å². The maximum atomic E-state index is 10.2. The minimum atomic E-state index is 0.310. The maximum Gasteiger partial charge on any atom is 0.151 e. The lowest BCUT2D eigenvalue weighted by Crippen LogP contribution is -2.14. The first-order chi connectivity index (χ1) is 9.84. The van der Waals surface area contributed by atoms with E-state index in [2.05, 4.69) is 21.3 Å². The summed E-state index contributed by atoms with van der Waals surface area (Å²) in [5.41, 5.74) is 1.71. The fourth-order valence-electron chi connectivity index (χ4n) is 2.93. The van der Waals surface area contributed by atoms with Crippen LogP contribution in [0.3, 0.4) is 0 Å². The Morgan fingerprint density at radius 2 is 2.25 bits per heavy atom. The largest absolute Gasteiger partial charge is 0.506 e. The molecule has 1 unspecified atom stereocenters. The number of benzene rings is 1. The molecule has 1 aromatic carbocycles. The molecule has 5 heteroatoms. The summed E-state index contributed by atoms with van der Waals surface area (Å²) >= 11 is 1.68. The highest BCUT2D eigenvalue weighted by atomic mass is 32.1. The summed E-state index contributed by atoms with van der Waals surface area (Å²) in [4.78, 5) is 5.89. The van der Waals surface area contributed by atoms with Crippen molar-refractivity contribution < 1.29 is 5.11 Å². The number of aromatic hydroxyl groups is 1. The van der Waals surface area contributed by atoms with E-state index in [-0.39, 0.29) is 0 Å². The molecule has 4 rings (SSSR count). The number of hydrogen-bond donors (Lipinski definition) is 2. The number of phenols is 1. The highest BCUT2D eigenvalue weighted by molar-refractivity contribution is 7.13. The van der Waals surface area contributed by atoms with Gasteiger partial charge in [-0.1, -0.05) is 12.1 Å². The lowest BCUT2D eigenvalue weighted by molar-refractivity contribution is 0.473. The van der Waals surface area contributed by atoms with Gasteiger partial charge in [0.25, 0.3) is 0 Å². The van der Waals surface area contributed by atoms with Gasteiger partial charge in [-0.2, -0.15) is 0 Å². The van der Waals surface area contributed by atoms with E-state index in [0.717, 1.165) is 41.2 Å². The van der Waals surface area contributed by atoms with E-state index in [1.54, 1.807) is 17.4 Å². The van der Waals surface area contributed by atoms with Gasteiger partial charge in [-0.3, -0.25) is 0 Å². The van der Waals surface area contributed by atoms with Crippen LogP contribution in [0.2, 0.25) is 0 Å². The molecule has 0 saturated carbocycles. The van der Waals surface area contributed by atoms with E-state index in [1.165, 1.54) is 0 Å². The number of nitrogens with zero attached hydrogens (tertiary/aromatic N) is 2. The molecule has 102 valence electrons. The lowest BCUT2D eigenvalue weighted by Gasteiger charge is -2.15. The summed E-state index contributed by atoms with van der Waals surface area (Å²) in [6.07, 6.45) is 1.07. The molecule has 0 bridgehead atoms. The van der Waals surface area contributed by atoms with Gasteiger partial charge in [0.1, 0.15) is 11.3 Å². The van der Waals surface area contributed by atoms with Crippen molar-refractivity contribution in [3.63, 3.8) is 0 Å². The molecular formula is C15H15N3OS. The third-order valence-electron chi connectivity index (χ3n) is 3.83. The predicted molar refractivity (Wildman–Crippen MR) is 81.2 cm³/mol. The number of phenolic OH excluding ortho intramolecular Hbond substituents is 1. The molecule has 3 heterocycles. The quantitative estimate of drug-likeness (QED) is 0.761. The molecule has 2 N–H and O–H groups in total. The van der Waals surface area contributed by atoms with Crippen molar-refractivity contribution in [2.45, 2.75) is 12.5 Å². The van der Waals surface area contributed by atoms with Crippen molar-refractivity contribution >= 4 is 22.4 Å². The van der Waals surface area contributed by atoms with Crippen LogP contribution in [0.1, 0.15) is 12.5 Å². The molecule has 0 radical (unpaired) electrons. The van der Waals surface area contributed by atoms with E-state index in [1.807, 2.05) is 18.2 Å². The molecule has 0 aliphatic carbocycles. The maximum absolute atomic E-state index is 10.2. The van der Waals surface area contributed by atoms with Crippen molar-refractivity contribution in [1.29, 1.82) is 0 Å². The van der Waals surface area contributed by atoms with Gasteiger partial charge in [0, 0.05) is 12.6 Å². The van der Waals surface area contributed by atoms with Crippen LogP contribution < -0.4 is 5.32 Å². The fourth-order valence-corrected chi connectivity index (χ4v) is 3.64. The van der Waals surface area contributed by atoms with Gasteiger partial charge in [0.05, 0.1) is 10.4 Å². The molecule has 1 aliphatic rings. The fraction of sp³-hybridized carbons (Fsp3) is 0.267. The summed E-state index contributed by atoms with van der Waals surface area (Å²) in [6, 6.07) is 10.0. The minimum Gasteiger partial charge on any atom is -0.506 e. The van der Waals surface area contributed by atoms with Gasteiger partial charge in [-0.05, 0) is 36.5 Å². The molecule has 1 fully saturated rings. The second-order valence-corrected chi connectivity index (χ2v) is 6.02. The van der Waals surface area contributed by atoms with Crippen molar-refractivity contribution in [2.75, 3.05) is 13.1 Å². The Bertz CT molecular complexity index is 742. The smallest absolute Gasteiger partial charge is 0.151 e. The molecule has 1 atom stereocenters. The van der Waals surface area contributed by atoms with Gasteiger partial charge in [0.2, 0.25) is 0 Å². The van der Waals surface area contributed by atoms with E-state index in [4.69, 9.17) is 4.98 Å². The van der Waals surface area contributed by atoms with Gasteiger partial charge < -0.3 is 15.0 Å². The molecule has 3 aromatic rings. The molecule has 0 amide bonds. The number of hydrogen-bond acceptors (Lipinski definition) is 4. The van der Waals surface area contributed by atoms with Crippen LogP contribution in [0.4, 0.5) is 0 Å². The molecule has 1 aliphatic heterocycles. The summed E-state index contributed by atoms with van der Waals surface area (Å²) < 4.78 is 2.20. The zero-order chi connectivity index (χ0) is 13.5. The number of imidazole rings is 1. The van der Waals surface area contributed by atoms with Crippen molar-refractivity contribution in [1.82, 2.24) is 14.9 Å². The number of thiophene rings is 1. The SMILES string of the molecule is Oc1cccc2nc(-c3cccs3)n(C3CCNC3)c12.